The number of carbonyl (C=O) groups is 1. The third kappa shape index (κ3) is 4.55. The summed E-state index contributed by atoms with van der Waals surface area (Å²) in [5, 5.41) is 22.6. The van der Waals surface area contributed by atoms with Crippen molar-refractivity contribution in [3.05, 3.63) is 34.4 Å². The molecule has 1 unspecified atom stereocenters. The van der Waals surface area contributed by atoms with Crippen molar-refractivity contribution in [2.75, 3.05) is 6.61 Å². The van der Waals surface area contributed by atoms with E-state index in [0.717, 1.165) is 0 Å². The highest BCUT2D eigenvalue weighted by atomic mass is 16.6. The van der Waals surface area contributed by atoms with E-state index in [-0.39, 0.29) is 24.1 Å². The molecule has 2 N–H and O–H groups in total. The quantitative estimate of drug-likeness (QED) is 0.573. The van der Waals surface area contributed by atoms with Gasteiger partial charge < -0.3 is 9.84 Å². The number of nitrogens with zero attached hydrogens (tertiary/aromatic N) is 1. The molecule has 0 aliphatic heterocycles. The number of hydrogen-bond donors (Lipinski definition) is 2. The standard InChI is InChI=1S/C12H16N2O5/c1-8(2)13-9(12(15)16)7-19-11-6-4-3-5-10(11)14(17)18/h3-6,8-9,13H,7H2,1-2H3,(H,15,16). The molecule has 1 aromatic carbocycles. The molecular weight excluding hydrogens is 252 g/mol. The van der Waals surface area contributed by atoms with Crippen LogP contribution in [0.2, 0.25) is 0 Å². The van der Waals surface area contributed by atoms with E-state index in [1.165, 1.54) is 18.2 Å². The molecular formula is C12H16N2O5. The molecule has 1 aromatic rings. The highest BCUT2D eigenvalue weighted by molar-refractivity contribution is 5.73. The fourth-order valence-corrected chi connectivity index (χ4v) is 1.50. The van der Waals surface area contributed by atoms with Crippen LogP contribution < -0.4 is 10.1 Å². The lowest BCUT2D eigenvalue weighted by molar-refractivity contribution is -0.385. The molecule has 0 saturated heterocycles. The van der Waals surface area contributed by atoms with Crippen LogP contribution in [-0.4, -0.2) is 34.7 Å². The third-order valence-electron chi connectivity index (χ3n) is 2.30. The normalized spacial score (nSPS) is 12.2. The van der Waals surface area contributed by atoms with Crippen molar-refractivity contribution >= 4 is 11.7 Å². The van der Waals surface area contributed by atoms with E-state index >= 15 is 0 Å². The number of benzene rings is 1. The second-order valence-electron chi connectivity index (χ2n) is 4.25. The smallest absolute Gasteiger partial charge is 0.324 e. The summed E-state index contributed by atoms with van der Waals surface area (Å²) in [6.45, 7) is 3.43. The molecule has 0 saturated carbocycles. The van der Waals surface area contributed by atoms with E-state index in [4.69, 9.17) is 9.84 Å². The van der Waals surface area contributed by atoms with Gasteiger partial charge in [-0.05, 0) is 6.07 Å². The van der Waals surface area contributed by atoms with Crippen LogP contribution >= 0.6 is 0 Å². The lowest BCUT2D eigenvalue weighted by Gasteiger charge is -2.17. The van der Waals surface area contributed by atoms with Gasteiger partial charge in [0.05, 0.1) is 4.92 Å². The molecule has 0 aliphatic carbocycles. The molecule has 0 aliphatic rings. The Hall–Kier alpha value is -2.15. The first-order valence-corrected chi connectivity index (χ1v) is 5.77. The first-order chi connectivity index (χ1) is 8.91. The molecule has 0 fully saturated rings. The minimum atomic E-state index is -1.06. The first kappa shape index (κ1) is 14.9. The summed E-state index contributed by atoms with van der Waals surface area (Å²) in [6, 6.07) is 4.91. The van der Waals surface area contributed by atoms with E-state index in [9.17, 15) is 14.9 Å². The summed E-state index contributed by atoms with van der Waals surface area (Å²) < 4.78 is 5.24. The molecule has 7 nitrogen and oxygen atoms in total. The number of para-hydroxylation sites is 2. The Balaban J connectivity index is 2.74. The van der Waals surface area contributed by atoms with Gasteiger partial charge in [0.2, 0.25) is 0 Å². The molecule has 0 amide bonds. The Morgan fingerprint density at radius 1 is 1.47 bits per heavy atom. The molecule has 19 heavy (non-hydrogen) atoms. The summed E-state index contributed by atoms with van der Waals surface area (Å²) in [5.41, 5.74) is -0.184. The van der Waals surface area contributed by atoms with Gasteiger partial charge >= 0.3 is 11.7 Å². The Labute approximate surface area is 110 Å². The van der Waals surface area contributed by atoms with Gasteiger partial charge in [0, 0.05) is 12.1 Å². The van der Waals surface area contributed by atoms with Crippen molar-refractivity contribution in [3.63, 3.8) is 0 Å². The van der Waals surface area contributed by atoms with E-state index in [2.05, 4.69) is 5.32 Å². The van der Waals surface area contributed by atoms with Crippen molar-refractivity contribution in [3.8, 4) is 5.75 Å². The average Bonchev–Trinajstić information content (AvgIpc) is 2.34. The number of aliphatic carboxylic acids is 1. The SMILES string of the molecule is CC(C)NC(COc1ccccc1[N+](=O)[O-])C(=O)O. The number of nitrogens with one attached hydrogen (secondary N) is 1. The van der Waals surface area contributed by atoms with Crippen molar-refractivity contribution in [2.45, 2.75) is 25.9 Å². The monoisotopic (exact) mass is 268 g/mol. The molecule has 0 bridgehead atoms. The van der Waals surface area contributed by atoms with Crippen LogP contribution in [0.1, 0.15) is 13.8 Å². The average molecular weight is 268 g/mol. The van der Waals surface area contributed by atoms with E-state index in [1.54, 1.807) is 19.9 Å². The van der Waals surface area contributed by atoms with Gasteiger partial charge in [-0.25, -0.2) is 0 Å². The minimum Gasteiger partial charge on any atom is -0.485 e. The van der Waals surface area contributed by atoms with E-state index in [1.807, 2.05) is 0 Å². The molecule has 0 heterocycles. The zero-order valence-corrected chi connectivity index (χ0v) is 10.7. The van der Waals surface area contributed by atoms with Crippen LogP contribution in [0, 0.1) is 10.1 Å². The van der Waals surface area contributed by atoms with Gasteiger partial charge in [-0.2, -0.15) is 0 Å². The predicted octanol–water partition coefficient (Wildman–Crippen LogP) is 1.42. The van der Waals surface area contributed by atoms with Crippen molar-refractivity contribution in [2.24, 2.45) is 0 Å². The second-order valence-corrected chi connectivity index (χ2v) is 4.25. The van der Waals surface area contributed by atoms with Gasteiger partial charge in [-0.15, -0.1) is 0 Å². The molecule has 104 valence electrons. The largest absolute Gasteiger partial charge is 0.485 e. The number of carboxylic acids is 1. The van der Waals surface area contributed by atoms with Crippen molar-refractivity contribution in [1.82, 2.24) is 5.32 Å². The Morgan fingerprint density at radius 2 is 2.11 bits per heavy atom. The lowest BCUT2D eigenvalue weighted by atomic mass is 10.2. The summed E-state index contributed by atoms with van der Waals surface area (Å²) in [4.78, 5) is 21.2. The van der Waals surface area contributed by atoms with Gasteiger partial charge in [0.15, 0.2) is 5.75 Å². The Kier molecular flexibility index (Phi) is 5.25. The van der Waals surface area contributed by atoms with Gasteiger partial charge in [-0.3, -0.25) is 20.2 Å². The van der Waals surface area contributed by atoms with Crippen LogP contribution in [0.15, 0.2) is 24.3 Å². The molecule has 0 aromatic heterocycles. The topological polar surface area (TPSA) is 102 Å². The lowest BCUT2D eigenvalue weighted by Crippen LogP contribution is -2.44. The van der Waals surface area contributed by atoms with Crippen LogP contribution in [0.25, 0.3) is 0 Å². The zero-order chi connectivity index (χ0) is 14.4. The summed E-state index contributed by atoms with van der Waals surface area (Å²) in [7, 11) is 0. The number of rotatable bonds is 7. The third-order valence-corrected chi connectivity index (χ3v) is 2.30. The Bertz CT molecular complexity index is 461. The fraction of sp³-hybridized carbons (Fsp3) is 0.417. The number of nitro groups is 1. The van der Waals surface area contributed by atoms with E-state index < -0.39 is 16.9 Å². The maximum Gasteiger partial charge on any atom is 0.324 e. The van der Waals surface area contributed by atoms with Crippen molar-refractivity contribution < 1.29 is 19.6 Å². The molecule has 7 heteroatoms. The summed E-state index contributed by atoms with van der Waals surface area (Å²) >= 11 is 0. The van der Waals surface area contributed by atoms with Gasteiger partial charge in [-0.1, -0.05) is 26.0 Å². The highest BCUT2D eigenvalue weighted by Gasteiger charge is 2.21. The number of hydrogen-bond acceptors (Lipinski definition) is 5. The van der Waals surface area contributed by atoms with Crippen LogP contribution in [0.5, 0.6) is 5.75 Å². The molecule has 1 rings (SSSR count). The predicted molar refractivity (Wildman–Crippen MR) is 68.3 cm³/mol. The van der Waals surface area contributed by atoms with Gasteiger partial charge in [0.25, 0.3) is 0 Å². The fourth-order valence-electron chi connectivity index (χ4n) is 1.50. The zero-order valence-electron chi connectivity index (χ0n) is 10.7. The van der Waals surface area contributed by atoms with Crippen LogP contribution in [-0.2, 0) is 4.79 Å². The molecule has 0 radical (unpaired) electrons. The Morgan fingerprint density at radius 3 is 2.63 bits per heavy atom. The van der Waals surface area contributed by atoms with Crippen molar-refractivity contribution in [1.29, 1.82) is 0 Å². The number of carboxylic acid groups (broad SMARTS) is 1. The van der Waals surface area contributed by atoms with Crippen LogP contribution in [0.4, 0.5) is 5.69 Å². The minimum absolute atomic E-state index is 0.0320. The summed E-state index contributed by atoms with van der Waals surface area (Å²) in [6.07, 6.45) is 0. The molecule has 1 atom stereocenters. The highest BCUT2D eigenvalue weighted by Crippen LogP contribution is 2.25. The van der Waals surface area contributed by atoms with Crippen LogP contribution in [0.3, 0.4) is 0 Å². The maximum absolute atomic E-state index is 11.0. The number of ether oxygens (including phenoxy) is 1. The number of nitro benzene ring substituents is 1. The van der Waals surface area contributed by atoms with E-state index in [0.29, 0.717) is 0 Å². The second kappa shape index (κ2) is 6.69. The molecule has 0 spiro atoms. The maximum atomic E-state index is 11.0. The van der Waals surface area contributed by atoms with Gasteiger partial charge in [0.1, 0.15) is 12.6 Å². The summed E-state index contributed by atoms with van der Waals surface area (Å²) in [5.74, 6) is -1.00. The first-order valence-electron chi connectivity index (χ1n) is 5.77.